The molecular weight excluding hydrogens is 298 g/mol. The molecule has 6 heteroatoms. The number of amides is 1. The summed E-state index contributed by atoms with van der Waals surface area (Å²) in [5.74, 6) is -1.54. The maximum atomic E-state index is 13.1. The summed E-state index contributed by atoms with van der Waals surface area (Å²) >= 11 is 0. The van der Waals surface area contributed by atoms with E-state index < -0.39 is 11.6 Å². The first-order chi connectivity index (χ1) is 9.47. The Bertz CT molecular complexity index is 497. The molecule has 1 amide bonds. The lowest BCUT2D eigenvalue weighted by molar-refractivity contribution is -0.132. The van der Waals surface area contributed by atoms with Crippen molar-refractivity contribution in [2.24, 2.45) is 11.7 Å². The van der Waals surface area contributed by atoms with E-state index in [1.165, 1.54) is 6.07 Å². The fourth-order valence-corrected chi connectivity index (χ4v) is 2.60. The molecule has 21 heavy (non-hydrogen) atoms. The fraction of sp³-hybridized carbons (Fsp3) is 0.533. The van der Waals surface area contributed by atoms with Gasteiger partial charge in [0.15, 0.2) is 11.6 Å². The predicted molar refractivity (Wildman–Crippen MR) is 80.3 cm³/mol. The molecule has 1 aliphatic heterocycles. The standard InChI is InChI=1S/C15H20F2N2O.ClH/c1-10(18)12-3-2-6-19(9-12)15(20)8-11-4-5-13(16)14(17)7-11;/h4-5,7,10,12H,2-3,6,8-9,18H2,1H3;1H. The number of hydrogen-bond donors (Lipinski definition) is 1. The van der Waals surface area contributed by atoms with E-state index in [0.717, 1.165) is 25.0 Å². The van der Waals surface area contributed by atoms with Crippen LogP contribution in [-0.4, -0.2) is 29.9 Å². The van der Waals surface area contributed by atoms with Gasteiger partial charge >= 0.3 is 0 Å². The third-order valence-electron chi connectivity index (χ3n) is 3.89. The number of hydrogen-bond acceptors (Lipinski definition) is 2. The number of rotatable bonds is 3. The van der Waals surface area contributed by atoms with E-state index >= 15 is 0 Å². The number of piperidine rings is 1. The van der Waals surface area contributed by atoms with Gasteiger partial charge in [-0.25, -0.2) is 8.78 Å². The third kappa shape index (κ3) is 4.64. The number of nitrogens with zero attached hydrogens (tertiary/aromatic N) is 1. The topological polar surface area (TPSA) is 46.3 Å². The first kappa shape index (κ1) is 17.9. The minimum absolute atomic E-state index is 0. The zero-order valence-electron chi connectivity index (χ0n) is 12.0. The summed E-state index contributed by atoms with van der Waals surface area (Å²) in [4.78, 5) is 14.0. The summed E-state index contributed by atoms with van der Waals surface area (Å²) in [7, 11) is 0. The van der Waals surface area contributed by atoms with Crippen LogP contribution in [0.2, 0.25) is 0 Å². The number of likely N-dealkylation sites (tertiary alicyclic amines) is 1. The highest BCUT2D eigenvalue weighted by Gasteiger charge is 2.25. The Balaban J connectivity index is 0.00000220. The Morgan fingerprint density at radius 1 is 1.43 bits per heavy atom. The van der Waals surface area contributed by atoms with Crippen molar-refractivity contribution in [3.05, 3.63) is 35.4 Å². The van der Waals surface area contributed by atoms with Crippen LogP contribution in [0.3, 0.4) is 0 Å². The number of carbonyl (C=O) groups excluding carboxylic acids is 1. The van der Waals surface area contributed by atoms with Gasteiger partial charge in [0.1, 0.15) is 0 Å². The minimum atomic E-state index is -0.914. The van der Waals surface area contributed by atoms with Crippen molar-refractivity contribution in [1.29, 1.82) is 0 Å². The smallest absolute Gasteiger partial charge is 0.227 e. The van der Waals surface area contributed by atoms with E-state index in [9.17, 15) is 13.6 Å². The SMILES string of the molecule is CC(N)C1CCCN(C(=O)Cc2ccc(F)c(F)c2)C1.Cl. The molecule has 2 N–H and O–H groups in total. The summed E-state index contributed by atoms with van der Waals surface area (Å²) in [5, 5.41) is 0. The quantitative estimate of drug-likeness (QED) is 0.931. The van der Waals surface area contributed by atoms with Gasteiger partial charge in [-0.3, -0.25) is 4.79 Å². The molecule has 2 atom stereocenters. The largest absolute Gasteiger partial charge is 0.342 e. The van der Waals surface area contributed by atoms with Crippen molar-refractivity contribution >= 4 is 18.3 Å². The van der Waals surface area contributed by atoms with Crippen molar-refractivity contribution in [3.8, 4) is 0 Å². The maximum Gasteiger partial charge on any atom is 0.227 e. The van der Waals surface area contributed by atoms with E-state index in [1.54, 1.807) is 4.90 Å². The Labute approximate surface area is 129 Å². The number of nitrogens with two attached hydrogens (primary N) is 1. The molecule has 1 heterocycles. The van der Waals surface area contributed by atoms with Crippen molar-refractivity contribution in [3.63, 3.8) is 0 Å². The molecule has 1 fully saturated rings. The Kier molecular flexibility index (Phi) is 6.55. The zero-order valence-corrected chi connectivity index (χ0v) is 12.8. The van der Waals surface area contributed by atoms with Crippen molar-refractivity contribution in [2.45, 2.75) is 32.2 Å². The Hall–Kier alpha value is -1.20. The van der Waals surface area contributed by atoms with Crippen LogP contribution in [0.15, 0.2) is 18.2 Å². The molecule has 0 aromatic heterocycles. The van der Waals surface area contributed by atoms with Crippen molar-refractivity contribution < 1.29 is 13.6 Å². The van der Waals surface area contributed by atoms with Crippen LogP contribution in [0.5, 0.6) is 0 Å². The number of halogens is 3. The normalized spacial score (nSPS) is 19.8. The van der Waals surface area contributed by atoms with E-state index in [2.05, 4.69) is 0 Å². The summed E-state index contributed by atoms with van der Waals surface area (Å²) in [5.41, 5.74) is 6.39. The summed E-state index contributed by atoms with van der Waals surface area (Å²) in [6.07, 6.45) is 2.07. The van der Waals surface area contributed by atoms with Crippen LogP contribution >= 0.6 is 12.4 Å². The fourth-order valence-electron chi connectivity index (χ4n) is 2.60. The maximum absolute atomic E-state index is 13.1. The van der Waals surface area contributed by atoms with Crippen LogP contribution in [0.25, 0.3) is 0 Å². The average Bonchev–Trinajstić information content (AvgIpc) is 2.43. The zero-order chi connectivity index (χ0) is 14.7. The Morgan fingerprint density at radius 3 is 2.76 bits per heavy atom. The van der Waals surface area contributed by atoms with Crippen LogP contribution in [0.1, 0.15) is 25.3 Å². The van der Waals surface area contributed by atoms with Crippen molar-refractivity contribution in [1.82, 2.24) is 4.90 Å². The molecule has 3 nitrogen and oxygen atoms in total. The lowest BCUT2D eigenvalue weighted by atomic mass is 9.92. The molecule has 118 valence electrons. The second-order valence-electron chi connectivity index (χ2n) is 5.53. The van der Waals surface area contributed by atoms with E-state index in [1.807, 2.05) is 6.92 Å². The molecule has 1 aromatic rings. The van der Waals surface area contributed by atoms with Gasteiger partial charge in [-0.1, -0.05) is 6.07 Å². The molecule has 0 bridgehead atoms. The van der Waals surface area contributed by atoms with Gasteiger partial charge in [-0.15, -0.1) is 12.4 Å². The Morgan fingerprint density at radius 2 is 2.14 bits per heavy atom. The van der Waals surface area contributed by atoms with Crippen LogP contribution in [0.4, 0.5) is 8.78 Å². The molecule has 1 aromatic carbocycles. The third-order valence-corrected chi connectivity index (χ3v) is 3.89. The van der Waals surface area contributed by atoms with E-state index in [0.29, 0.717) is 24.6 Å². The monoisotopic (exact) mass is 318 g/mol. The lowest BCUT2D eigenvalue weighted by Gasteiger charge is -2.34. The first-order valence-corrected chi connectivity index (χ1v) is 6.94. The molecule has 2 unspecified atom stereocenters. The van der Waals surface area contributed by atoms with Crippen molar-refractivity contribution in [2.75, 3.05) is 13.1 Å². The number of benzene rings is 1. The molecule has 0 saturated carbocycles. The highest BCUT2D eigenvalue weighted by Crippen LogP contribution is 2.20. The van der Waals surface area contributed by atoms with Gasteiger partial charge in [0.2, 0.25) is 5.91 Å². The van der Waals surface area contributed by atoms with Gasteiger partial charge in [0.05, 0.1) is 6.42 Å². The average molecular weight is 319 g/mol. The van der Waals surface area contributed by atoms with Crippen LogP contribution in [-0.2, 0) is 11.2 Å². The minimum Gasteiger partial charge on any atom is -0.342 e. The van der Waals surface area contributed by atoms with Crippen LogP contribution < -0.4 is 5.73 Å². The van der Waals surface area contributed by atoms with Gasteiger partial charge in [0, 0.05) is 19.1 Å². The summed E-state index contributed by atoms with van der Waals surface area (Å²) in [6, 6.07) is 3.65. The second kappa shape index (κ2) is 7.71. The number of carbonyl (C=O) groups is 1. The molecule has 1 aliphatic rings. The summed E-state index contributed by atoms with van der Waals surface area (Å²) < 4.78 is 26.0. The van der Waals surface area contributed by atoms with Gasteiger partial charge < -0.3 is 10.6 Å². The molecule has 1 saturated heterocycles. The van der Waals surface area contributed by atoms with Gasteiger partial charge in [0.25, 0.3) is 0 Å². The molecule has 0 spiro atoms. The first-order valence-electron chi connectivity index (χ1n) is 6.94. The lowest BCUT2D eigenvalue weighted by Crippen LogP contribution is -2.45. The summed E-state index contributed by atoms with van der Waals surface area (Å²) in [6.45, 7) is 3.32. The van der Waals surface area contributed by atoms with E-state index in [4.69, 9.17) is 5.73 Å². The highest BCUT2D eigenvalue weighted by atomic mass is 35.5. The van der Waals surface area contributed by atoms with Crippen LogP contribution in [0, 0.1) is 17.6 Å². The molecule has 0 aliphatic carbocycles. The van der Waals surface area contributed by atoms with Gasteiger partial charge in [-0.05, 0) is 43.4 Å². The van der Waals surface area contributed by atoms with Gasteiger partial charge in [-0.2, -0.15) is 0 Å². The molecule has 2 rings (SSSR count). The molecule has 0 radical (unpaired) electrons. The highest BCUT2D eigenvalue weighted by molar-refractivity contribution is 5.85. The molecular formula is C15H21ClF2N2O. The second-order valence-corrected chi connectivity index (χ2v) is 5.53. The van der Waals surface area contributed by atoms with E-state index in [-0.39, 0.29) is 30.8 Å². The predicted octanol–water partition coefficient (Wildman–Crippen LogP) is 2.51.